The van der Waals surface area contributed by atoms with Gasteiger partial charge in [0.2, 0.25) is 0 Å². The van der Waals surface area contributed by atoms with Crippen molar-refractivity contribution in [2.45, 2.75) is 46.6 Å². The first-order valence-corrected chi connectivity index (χ1v) is 11.8. The monoisotopic (exact) mass is 481 g/mol. The fraction of sp³-hybridized carbons (Fsp3) is 0.385. The first kappa shape index (κ1) is 25.7. The van der Waals surface area contributed by atoms with E-state index in [9.17, 15) is 14.4 Å². The van der Waals surface area contributed by atoms with Crippen molar-refractivity contribution in [2.24, 2.45) is 0 Å². The number of esters is 1. The number of carbonyl (C=O) groups is 2. The molecular weight excluding hydrogens is 450 g/mol. The second-order valence-electron chi connectivity index (χ2n) is 7.85. The van der Waals surface area contributed by atoms with E-state index < -0.39 is 6.09 Å². The summed E-state index contributed by atoms with van der Waals surface area (Å²) in [4.78, 5) is 41.4. The number of nitrogens with zero attached hydrogens (tertiary/aromatic N) is 2. The molecule has 0 radical (unpaired) electrons. The third-order valence-electron chi connectivity index (χ3n) is 5.24. The largest absolute Gasteiger partial charge is 0.493 e. The van der Waals surface area contributed by atoms with Gasteiger partial charge in [-0.05, 0) is 43.2 Å². The lowest BCUT2D eigenvalue weighted by molar-refractivity contribution is -0.141. The number of unbranched alkanes of at least 4 members (excludes halogenated alkanes) is 1. The van der Waals surface area contributed by atoms with Gasteiger partial charge in [0.1, 0.15) is 17.1 Å². The first-order chi connectivity index (χ1) is 17.0. The van der Waals surface area contributed by atoms with Crippen molar-refractivity contribution >= 4 is 28.8 Å². The molecule has 1 aromatic carbocycles. The van der Waals surface area contributed by atoms with E-state index in [1.165, 1.54) is 6.92 Å². The highest BCUT2D eigenvalue weighted by Crippen LogP contribution is 2.34. The van der Waals surface area contributed by atoms with Gasteiger partial charge in [-0.3, -0.25) is 19.5 Å². The number of hydrogen-bond acceptors (Lipinski definition) is 7. The molecule has 3 rings (SSSR count). The van der Waals surface area contributed by atoms with Gasteiger partial charge < -0.3 is 14.2 Å². The minimum absolute atomic E-state index is 0.132. The van der Waals surface area contributed by atoms with Crippen molar-refractivity contribution in [2.75, 3.05) is 25.1 Å². The number of aryl methyl sites for hydroxylation is 1. The van der Waals surface area contributed by atoms with Crippen LogP contribution in [0.2, 0.25) is 0 Å². The molecule has 9 nitrogen and oxygen atoms in total. The van der Waals surface area contributed by atoms with Crippen LogP contribution >= 0.6 is 0 Å². The summed E-state index contributed by atoms with van der Waals surface area (Å²) in [5, 5.41) is 3.39. The highest BCUT2D eigenvalue weighted by atomic mass is 16.5. The molecule has 0 saturated heterocycles. The van der Waals surface area contributed by atoms with Crippen LogP contribution in [-0.2, 0) is 20.8 Å². The summed E-state index contributed by atoms with van der Waals surface area (Å²) in [7, 11) is 0. The minimum atomic E-state index is -0.700. The summed E-state index contributed by atoms with van der Waals surface area (Å²) in [6.07, 6.45) is 3.18. The lowest BCUT2D eigenvalue weighted by atomic mass is 10.00. The molecule has 3 aromatic rings. The Labute approximate surface area is 204 Å². The quantitative estimate of drug-likeness (QED) is 0.310. The molecule has 0 fully saturated rings. The summed E-state index contributed by atoms with van der Waals surface area (Å²) >= 11 is 0. The SMILES string of the molecule is CCCCn1c(=O)c(NC(=O)OCC)c(-c2cccc(OCCCOC(C)=O)c2)c2cccnc21. The molecule has 1 amide bonds. The number of fused-ring (bicyclic) bond motifs is 1. The number of carbonyl (C=O) groups excluding carboxylic acids is 2. The maximum atomic E-state index is 13.6. The van der Waals surface area contributed by atoms with E-state index >= 15 is 0 Å². The Morgan fingerprint density at radius 3 is 2.63 bits per heavy atom. The number of hydrogen-bond donors (Lipinski definition) is 1. The van der Waals surface area contributed by atoms with E-state index in [1.54, 1.807) is 35.9 Å². The number of benzene rings is 1. The van der Waals surface area contributed by atoms with Crippen LogP contribution in [0.15, 0.2) is 47.4 Å². The van der Waals surface area contributed by atoms with Crippen molar-refractivity contribution in [3.05, 3.63) is 52.9 Å². The second kappa shape index (κ2) is 12.5. The summed E-state index contributed by atoms with van der Waals surface area (Å²) in [5.74, 6) is 0.252. The van der Waals surface area contributed by atoms with Crippen LogP contribution in [0.25, 0.3) is 22.2 Å². The predicted molar refractivity (Wildman–Crippen MR) is 134 cm³/mol. The first-order valence-electron chi connectivity index (χ1n) is 11.8. The average molecular weight is 482 g/mol. The highest BCUT2D eigenvalue weighted by molar-refractivity contribution is 6.03. The molecule has 0 atom stereocenters. The lowest BCUT2D eigenvalue weighted by Gasteiger charge is -2.18. The van der Waals surface area contributed by atoms with E-state index in [1.807, 2.05) is 25.1 Å². The van der Waals surface area contributed by atoms with Gasteiger partial charge in [-0.15, -0.1) is 0 Å². The van der Waals surface area contributed by atoms with Crippen LogP contribution in [0.5, 0.6) is 5.75 Å². The van der Waals surface area contributed by atoms with E-state index in [0.717, 1.165) is 18.2 Å². The third kappa shape index (κ3) is 6.59. The lowest BCUT2D eigenvalue weighted by Crippen LogP contribution is -2.28. The average Bonchev–Trinajstić information content (AvgIpc) is 2.84. The van der Waals surface area contributed by atoms with Gasteiger partial charge in [-0.2, -0.15) is 0 Å². The molecule has 1 N–H and O–H groups in total. The Morgan fingerprint density at radius 1 is 1.06 bits per heavy atom. The number of amides is 1. The molecule has 0 saturated carbocycles. The Hall–Kier alpha value is -3.88. The van der Waals surface area contributed by atoms with Crippen molar-refractivity contribution in [1.29, 1.82) is 0 Å². The Bertz CT molecular complexity index is 1240. The van der Waals surface area contributed by atoms with Crippen molar-refractivity contribution in [3.8, 4) is 16.9 Å². The summed E-state index contributed by atoms with van der Waals surface area (Å²) in [6.45, 7) is 6.39. The van der Waals surface area contributed by atoms with E-state index in [2.05, 4.69) is 10.3 Å². The van der Waals surface area contributed by atoms with Crippen molar-refractivity contribution < 1.29 is 23.8 Å². The van der Waals surface area contributed by atoms with Gasteiger partial charge in [0.25, 0.3) is 5.56 Å². The number of nitrogens with one attached hydrogen (secondary N) is 1. The molecule has 0 aliphatic carbocycles. The molecule has 2 aromatic heterocycles. The predicted octanol–water partition coefficient (Wildman–Crippen LogP) is 4.76. The van der Waals surface area contributed by atoms with Gasteiger partial charge in [-0.25, -0.2) is 9.78 Å². The number of aromatic nitrogens is 2. The zero-order chi connectivity index (χ0) is 25.2. The molecule has 2 heterocycles. The Kier molecular flexibility index (Phi) is 9.23. The molecule has 0 bridgehead atoms. The maximum absolute atomic E-state index is 13.6. The van der Waals surface area contributed by atoms with E-state index in [0.29, 0.717) is 42.1 Å². The Morgan fingerprint density at radius 2 is 1.89 bits per heavy atom. The molecular formula is C26H31N3O6. The third-order valence-corrected chi connectivity index (χ3v) is 5.24. The molecule has 9 heteroatoms. The smallest absolute Gasteiger partial charge is 0.411 e. The Balaban J connectivity index is 2.07. The fourth-order valence-electron chi connectivity index (χ4n) is 3.69. The fourth-order valence-corrected chi connectivity index (χ4v) is 3.69. The second-order valence-corrected chi connectivity index (χ2v) is 7.85. The van der Waals surface area contributed by atoms with Crippen LogP contribution in [0.1, 0.15) is 40.0 Å². The molecule has 186 valence electrons. The van der Waals surface area contributed by atoms with Gasteiger partial charge in [-0.1, -0.05) is 25.5 Å². The zero-order valence-corrected chi connectivity index (χ0v) is 20.3. The number of anilines is 1. The van der Waals surface area contributed by atoms with Crippen LogP contribution in [0.4, 0.5) is 10.5 Å². The normalized spacial score (nSPS) is 10.7. The van der Waals surface area contributed by atoms with Crippen LogP contribution < -0.4 is 15.6 Å². The van der Waals surface area contributed by atoms with Crippen molar-refractivity contribution in [3.63, 3.8) is 0 Å². The molecule has 0 aliphatic rings. The van der Waals surface area contributed by atoms with Crippen LogP contribution in [0.3, 0.4) is 0 Å². The topological polar surface area (TPSA) is 109 Å². The standard InChI is InChI=1S/C26H31N3O6/c1-4-6-14-29-24-21(12-8-13-27-24)22(23(25(29)31)28-26(32)33-5-2)19-10-7-11-20(17-19)35-16-9-15-34-18(3)30/h7-8,10-13,17H,4-6,9,14-16H2,1-3H3,(H,28,32). The summed E-state index contributed by atoms with van der Waals surface area (Å²) in [5.41, 5.74) is 1.56. The maximum Gasteiger partial charge on any atom is 0.411 e. The highest BCUT2D eigenvalue weighted by Gasteiger charge is 2.21. The number of rotatable bonds is 11. The van der Waals surface area contributed by atoms with Crippen LogP contribution in [0, 0.1) is 0 Å². The minimum Gasteiger partial charge on any atom is -0.493 e. The van der Waals surface area contributed by atoms with Gasteiger partial charge in [0, 0.05) is 37.0 Å². The number of pyridine rings is 2. The zero-order valence-electron chi connectivity index (χ0n) is 20.3. The van der Waals surface area contributed by atoms with E-state index in [4.69, 9.17) is 14.2 Å². The van der Waals surface area contributed by atoms with Gasteiger partial charge >= 0.3 is 12.1 Å². The van der Waals surface area contributed by atoms with Crippen LogP contribution in [-0.4, -0.2) is 41.4 Å². The molecule has 0 aliphatic heterocycles. The number of ether oxygens (including phenoxy) is 3. The molecule has 35 heavy (non-hydrogen) atoms. The van der Waals surface area contributed by atoms with Gasteiger partial charge in [0.15, 0.2) is 0 Å². The van der Waals surface area contributed by atoms with E-state index in [-0.39, 0.29) is 30.4 Å². The van der Waals surface area contributed by atoms with Gasteiger partial charge in [0.05, 0.1) is 19.8 Å². The van der Waals surface area contributed by atoms with Crippen molar-refractivity contribution in [1.82, 2.24) is 9.55 Å². The summed E-state index contributed by atoms with van der Waals surface area (Å²) in [6, 6.07) is 10.9. The molecule has 0 spiro atoms. The summed E-state index contributed by atoms with van der Waals surface area (Å²) < 4.78 is 17.4. The molecule has 0 unspecified atom stereocenters.